The van der Waals surface area contributed by atoms with E-state index in [0.717, 1.165) is 11.1 Å². The van der Waals surface area contributed by atoms with Gasteiger partial charge >= 0.3 is 0 Å². The lowest BCUT2D eigenvalue weighted by Crippen LogP contribution is -2.49. The number of amides is 1. The molecule has 7 rings (SSSR count). The number of anilines is 1. The molecular weight excluding hydrogens is 556 g/mol. The number of para-hydroxylation sites is 1. The summed E-state index contributed by atoms with van der Waals surface area (Å²) >= 11 is 0. The van der Waals surface area contributed by atoms with Crippen LogP contribution in [-0.2, 0) is 10.2 Å². The molecule has 220 valence electrons. The minimum absolute atomic E-state index is 0.263. The van der Waals surface area contributed by atoms with Crippen molar-refractivity contribution in [3.05, 3.63) is 125 Å². The number of carbonyl (C=O) groups excluding carboxylic acids is 3. The number of nitrogens with zero attached hydrogens (tertiary/aromatic N) is 1. The minimum Gasteiger partial charge on any atom is -0.497 e. The Morgan fingerprint density at radius 2 is 1.50 bits per heavy atom. The molecule has 1 saturated heterocycles. The van der Waals surface area contributed by atoms with Crippen LogP contribution in [0.2, 0.25) is 0 Å². The van der Waals surface area contributed by atoms with Gasteiger partial charge in [0.2, 0.25) is 5.91 Å². The smallest absolute Gasteiger partial charge is 0.238 e. The van der Waals surface area contributed by atoms with E-state index in [0.29, 0.717) is 34.1 Å². The Hall–Kier alpha value is -5.37. The van der Waals surface area contributed by atoms with Gasteiger partial charge in [0.05, 0.1) is 38.9 Å². The lowest BCUT2D eigenvalue weighted by Gasteiger charge is -2.38. The molecule has 0 aromatic heterocycles. The predicted molar refractivity (Wildman–Crippen MR) is 165 cm³/mol. The zero-order valence-corrected chi connectivity index (χ0v) is 24.4. The molecule has 3 heterocycles. The van der Waals surface area contributed by atoms with E-state index < -0.39 is 23.4 Å². The highest BCUT2D eigenvalue weighted by molar-refractivity contribution is 6.17. The van der Waals surface area contributed by atoms with Gasteiger partial charge in [-0.3, -0.25) is 14.4 Å². The van der Waals surface area contributed by atoms with E-state index in [9.17, 15) is 9.59 Å². The molecule has 0 unspecified atom stereocenters. The second-order valence-electron chi connectivity index (χ2n) is 11.1. The first-order valence-corrected chi connectivity index (χ1v) is 14.3. The fourth-order valence-corrected chi connectivity index (χ4v) is 7.26. The number of carbonyl (C=O) groups is 3. The first-order valence-electron chi connectivity index (χ1n) is 14.3. The van der Waals surface area contributed by atoms with Crippen molar-refractivity contribution in [2.75, 3.05) is 26.6 Å². The highest BCUT2D eigenvalue weighted by Crippen LogP contribution is 2.62. The van der Waals surface area contributed by atoms with E-state index in [-0.39, 0.29) is 23.0 Å². The molecule has 44 heavy (non-hydrogen) atoms. The van der Waals surface area contributed by atoms with Gasteiger partial charge in [-0.15, -0.1) is 0 Å². The number of hydrogen-bond acceptors (Lipinski definition) is 7. The minimum atomic E-state index is -1.44. The summed E-state index contributed by atoms with van der Waals surface area (Å²) in [7, 11) is 4.58. The summed E-state index contributed by atoms with van der Waals surface area (Å²) in [4.78, 5) is 46.4. The fraction of sp³-hybridized carbons (Fsp3) is 0.194. The van der Waals surface area contributed by atoms with Gasteiger partial charge in [0.1, 0.15) is 28.7 Å². The van der Waals surface area contributed by atoms with Crippen molar-refractivity contribution >= 4 is 29.2 Å². The number of benzene rings is 4. The average molecular weight is 587 g/mol. The molecule has 1 fully saturated rings. The summed E-state index contributed by atoms with van der Waals surface area (Å²) in [5.41, 5.74) is 2.33. The Kier molecular flexibility index (Phi) is 6.50. The lowest BCUT2D eigenvalue weighted by molar-refractivity contribution is -0.122. The van der Waals surface area contributed by atoms with Gasteiger partial charge in [-0.2, -0.15) is 0 Å². The van der Waals surface area contributed by atoms with Crippen molar-refractivity contribution in [2.24, 2.45) is 5.92 Å². The summed E-state index contributed by atoms with van der Waals surface area (Å²) < 4.78 is 16.4. The van der Waals surface area contributed by atoms with Crippen molar-refractivity contribution in [3.8, 4) is 17.2 Å². The number of ketones is 2. The van der Waals surface area contributed by atoms with Gasteiger partial charge < -0.3 is 24.4 Å². The SMILES string of the molecule is COc1ccc(C(=O)[C@@H]2[C@H](C(=O)c3ccc(OC)cc3OC)[C@]3(C(=O)Nc4ccccc43)[C@H]3c4ccccc4C=CN23)cc1. The van der Waals surface area contributed by atoms with Crippen LogP contribution in [0.5, 0.6) is 17.2 Å². The van der Waals surface area contributed by atoms with Crippen LogP contribution in [0.1, 0.15) is 43.4 Å². The normalized spacial score (nSPS) is 22.6. The predicted octanol–water partition coefficient (Wildman–Crippen LogP) is 5.69. The first-order chi connectivity index (χ1) is 21.4. The largest absolute Gasteiger partial charge is 0.497 e. The van der Waals surface area contributed by atoms with Gasteiger partial charge in [0.15, 0.2) is 11.6 Å². The monoisotopic (exact) mass is 586 g/mol. The second kappa shape index (κ2) is 10.4. The number of methoxy groups -OCH3 is 3. The van der Waals surface area contributed by atoms with Crippen LogP contribution in [0, 0.1) is 5.92 Å². The Morgan fingerprint density at radius 1 is 0.795 bits per heavy atom. The van der Waals surface area contributed by atoms with Crippen LogP contribution in [0.25, 0.3) is 6.08 Å². The van der Waals surface area contributed by atoms with E-state index >= 15 is 4.79 Å². The highest BCUT2D eigenvalue weighted by Gasteiger charge is 2.70. The number of ether oxygens (including phenoxy) is 3. The zero-order chi connectivity index (χ0) is 30.6. The summed E-state index contributed by atoms with van der Waals surface area (Å²) in [5, 5.41) is 3.07. The Labute approximate surface area is 254 Å². The van der Waals surface area contributed by atoms with Crippen LogP contribution in [0.3, 0.4) is 0 Å². The van der Waals surface area contributed by atoms with Crippen LogP contribution in [0.4, 0.5) is 5.69 Å². The van der Waals surface area contributed by atoms with Gasteiger partial charge in [-0.1, -0.05) is 42.5 Å². The fourth-order valence-electron chi connectivity index (χ4n) is 7.26. The molecule has 1 N–H and O–H groups in total. The van der Waals surface area contributed by atoms with E-state index in [4.69, 9.17) is 14.2 Å². The standard InChI is InChI=1S/C36H30N2O6/c1-42-23-14-12-22(13-15-23)32(39)31-30(33(40)26-17-16-24(43-2)20-29(26)44-3)36(27-10-6-7-11-28(27)37-35(36)41)34-25-9-5-4-8-21(25)18-19-38(31)34/h4-20,30-31,34H,1-3H3,(H,37,41)/t30-,31+,34-,36+/m1/s1. The van der Waals surface area contributed by atoms with E-state index in [1.54, 1.807) is 49.6 Å². The Balaban J connectivity index is 1.52. The number of nitrogens with one attached hydrogen (secondary N) is 1. The maximum atomic E-state index is 15.1. The number of rotatable bonds is 7. The third kappa shape index (κ3) is 3.80. The summed E-state index contributed by atoms with van der Waals surface area (Å²) in [6.45, 7) is 0. The average Bonchev–Trinajstić information content (AvgIpc) is 3.55. The summed E-state index contributed by atoms with van der Waals surface area (Å²) in [5.74, 6) is -0.673. The molecule has 1 spiro atoms. The third-order valence-electron chi connectivity index (χ3n) is 9.17. The molecule has 1 amide bonds. The molecule has 3 aliphatic rings. The van der Waals surface area contributed by atoms with Crippen molar-refractivity contribution in [1.29, 1.82) is 0 Å². The molecular formula is C36H30N2O6. The summed E-state index contributed by atoms with van der Waals surface area (Å²) in [6.07, 6.45) is 3.79. The topological polar surface area (TPSA) is 94.2 Å². The third-order valence-corrected chi connectivity index (χ3v) is 9.17. The molecule has 8 heteroatoms. The molecule has 4 aromatic carbocycles. The summed E-state index contributed by atoms with van der Waals surface area (Å²) in [6, 6.07) is 25.4. The zero-order valence-electron chi connectivity index (χ0n) is 24.4. The number of Topliss-reactive ketones (excluding diaryl/α,β-unsaturated/α-hetero) is 2. The van der Waals surface area contributed by atoms with Crippen molar-refractivity contribution in [1.82, 2.24) is 4.90 Å². The lowest BCUT2D eigenvalue weighted by atomic mass is 9.62. The molecule has 0 saturated carbocycles. The Bertz CT molecular complexity index is 1850. The molecule has 4 aromatic rings. The number of fused-ring (bicyclic) bond motifs is 6. The maximum Gasteiger partial charge on any atom is 0.238 e. The van der Waals surface area contributed by atoms with E-state index in [1.807, 2.05) is 65.7 Å². The number of hydrogen-bond donors (Lipinski definition) is 1. The van der Waals surface area contributed by atoms with Gasteiger partial charge in [0, 0.05) is 23.5 Å². The molecule has 0 bridgehead atoms. The van der Waals surface area contributed by atoms with Crippen molar-refractivity contribution in [3.63, 3.8) is 0 Å². The second-order valence-corrected chi connectivity index (χ2v) is 11.1. The van der Waals surface area contributed by atoms with Crippen molar-refractivity contribution in [2.45, 2.75) is 17.5 Å². The van der Waals surface area contributed by atoms with Crippen molar-refractivity contribution < 1.29 is 28.6 Å². The van der Waals surface area contributed by atoms with Crippen LogP contribution < -0.4 is 19.5 Å². The Morgan fingerprint density at radius 3 is 2.25 bits per heavy atom. The molecule has 4 atom stereocenters. The van der Waals surface area contributed by atoms with Crippen LogP contribution in [-0.4, -0.2) is 49.7 Å². The molecule has 8 nitrogen and oxygen atoms in total. The van der Waals surface area contributed by atoms with E-state index in [1.165, 1.54) is 14.2 Å². The highest BCUT2D eigenvalue weighted by atomic mass is 16.5. The molecule has 3 aliphatic heterocycles. The van der Waals surface area contributed by atoms with Crippen LogP contribution >= 0.6 is 0 Å². The van der Waals surface area contributed by atoms with Gasteiger partial charge in [-0.25, -0.2) is 0 Å². The maximum absolute atomic E-state index is 15.1. The molecule has 0 aliphatic carbocycles. The quantitative estimate of drug-likeness (QED) is 0.278. The molecule has 0 radical (unpaired) electrons. The first kappa shape index (κ1) is 27.5. The van der Waals surface area contributed by atoms with Gasteiger partial charge in [-0.05, 0) is 65.2 Å². The van der Waals surface area contributed by atoms with E-state index in [2.05, 4.69) is 5.32 Å². The van der Waals surface area contributed by atoms with Gasteiger partial charge in [0.25, 0.3) is 0 Å². The van der Waals surface area contributed by atoms with Crippen LogP contribution in [0.15, 0.2) is 97.2 Å².